The largest absolute Gasteiger partial charge is 0.387 e. The number of hydrogen-bond donors (Lipinski definition) is 2. The first-order chi connectivity index (χ1) is 4.84. The van der Waals surface area contributed by atoms with Gasteiger partial charge in [0.25, 0.3) is 0 Å². The lowest BCUT2D eigenvalue weighted by Crippen LogP contribution is -2.32. The van der Waals surface area contributed by atoms with Crippen LogP contribution in [0.25, 0.3) is 0 Å². The maximum absolute atomic E-state index is 3.28. The second-order valence-corrected chi connectivity index (χ2v) is 2.40. The predicted octanol–water partition coefficient (Wildman–Crippen LogP) is 0.985. The molecular weight excluding hydrogens is 124 g/mol. The van der Waals surface area contributed by atoms with Crippen LogP contribution in [0.1, 0.15) is 13.8 Å². The van der Waals surface area contributed by atoms with Crippen LogP contribution in [0, 0.1) is 0 Å². The Labute approximate surface area is 62.0 Å². The molecule has 10 heavy (non-hydrogen) atoms. The van der Waals surface area contributed by atoms with Crippen LogP contribution in [0.2, 0.25) is 0 Å². The van der Waals surface area contributed by atoms with Gasteiger partial charge in [-0.1, -0.05) is 0 Å². The summed E-state index contributed by atoms with van der Waals surface area (Å²) in [5, 5.41) is 6.49. The molecule has 0 bridgehead atoms. The molecular formula is C8H14N2. The summed E-state index contributed by atoms with van der Waals surface area (Å²) in [6, 6.07) is 0.435. The summed E-state index contributed by atoms with van der Waals surface area (Å²) in [5.74, 6) is 0. The Bertz CT molecular complexity index is 159. The average Bonchev–Trinajstić information content (AvgIpc) is 1.94. The highest BCUT2D eigenvalue weighted by Crippen LogP contribution is 2.01. The fourth-order valence-corrected chi connectivity index (χ4v) is 1.00. The van der Waals surface area contributed by atoms with Crippen LogP contribution in [0.15, 0.2) is 24.0 Å². The topological polar surface area (TPSA) is 24.1 Å². The van der Waals surface area contributed by atoms with Crippen LogP contribution in [-0.2, 0) is 0 Å². The Morgan fingerprint density at radius 2 is 2.50 bits per heavy atom. The minimum atomic E-state index is 0.435. The van der Waals surface area contributed by atoms with Gasteiger partial charge in [0, 0.05) is 12.2 Å². The quantitative estimate of drug-likeness (QED) is 0.594. The highest BCUT2D eigenvalue weighted by atomic mass is 15.0. The minimum Gasteiger partial charge on any atom is -0.387 e. The molecule has 0 aromatic heterocycles. The van der Waals surface area contributed by atoms with Crippen molar-refractivity contribution in [2.75, 3.05) is 6.54 Å². The van der Waals surface area contributed by atoms with E-state index in [1.165, 1.54) is 5.70 Å². The van der Waals surface area contributed by atoms with E-state index in [2.05, 4.69) is 30.6 Å². The lowest BCUT2D eigenvalue weighted by Gasteiger charge is -2.19. The lowest BCUT2D eigenvalue weighted by atomic mass is 10.2. The third-order valence-corrected chi connectivity index (χ3v) is 1.57. The number of allylic oxidation sites excluding steroid dienone is 2. The molecule has 2 nitrogen and oxygen atoms in total. The van der Waals surface area contributed by atoms with E-state index in [1.54, 1.807) is 0 Å². The van der Waals surface area contributed by atoms with E-state index >= 15 is 0 Å². The monoisotopic (exact) mass is 138 g/mol. The van der Waals surface area contributed by atoms with Gasteiger partial charge in [0.1, 0.15) is 0 Å². The van der Waals surface area contributed by atoms with Crippen LogP contribution < -0.4 is 10.6 Å². The standard InChI is InChI=1S/C8H14N2/c1-3-9-8-5-4-6-10-7(8)2/h4-7,9-10H,3H2,1-2H3. The van der Waals surface area contributed by atoms with Gasteiger partial charge in [-0.25, -0.2) is 0 Å². The summed E-state index contributed by atoms with van der Waals surface area (Å²) in [4.78, 5) is 0. The Morgan fingerprint density at radius 3 is 3.10 bits per heavy atom. The van der Waals surface area contributed by atoms with Crippen LogP contribution in [-0.4, -0.2) is 12.6 Å². The van der Waals surface area contributed by atoms with Crippen molar-refractivity contribution in [3.05, 3.63) is 24.0 Å². The number of likely N-dealkylation sites (N-methyl/N-ethyl adjacent to an activating group) is 1. The van der Waals surface area contributed by atoms with E-state index in [0.29, 0.717) is 6.04 Å². The zero-order valence-electron chi connectivity index (χ0n) is 6.52. The molecule has 2 heteroatoms. The van der Waals surface area contributed by atoms with Gasteiger partial charge in [-0.05, 0) is 32.2 Å². The predicted molar refractivity (Wildman–Crippen MR) is 43.5 cm³/mol. The summed E-state index contributed by atoms with van der Waals surface area (Å²) in [7, 11) is 0. The van der Waals surface area contributed by atoms with Gasteiger partial charge < -0.3 is 10.6 Å². The molecule has 1 atom stereocenters. The smallest absolute Gasteiger partial charge is 0.0626 e. The average molecular weight is 138 g/mol. The van der Waals surface area contributed by atoms with Gasteiger partial charge in [0.2, 0.25) is 0 Å². The van der Waals surface area contributed by atoms with E-state index < -0.39 is 0 Å². The molecule has 0 saturated heterocycles. The molecule has 0 spiro atoms. The maximum atomic E-state index is 3.28. The first-order valence-electron chi connectivity index (χ1n) is 3.71. The third kappa shape index (κ3) is 1.53. The SMILES string of the molecule is CCNC1=CC=CNC1C. The summed E-state index contributed by atoms with van der Waals surface area (Å²) in [6.07, 6.45) is 6.08. The van der Waals surface area contributed by atoms with Crippen molar-refractivity contribution in [2.24, 2.45) is 0 Å². The second-order valence-electron chi connectivity index (χ2n) is 2.40. The van der Waals surface area contributed by atoms with E-state index in [9.17, 15) is 0 Å². The Balaban J connectivity index is 2.52. The molecule has 0 aliphatic carbocycles. The van der Waals surface area contributed by atoms with Crippen LogP contribution in [0.4, 0.5) is 0 Å². The molecule has 0 aromatic rings. The zero-order valence-corrected chi connectivity index (χ0v) is 6.52. The molecule has 0 amide bonds. The Kier molecular flexibility index (Phi) is 2.37. The molecule has 1 rings (SSSR count). The Hall–Kier alpha value is -0.920. The van der Waals surface area contributed by atoms with E-state index in [4.69, 9.17) is 0 Å². The summed E-state index contributed by atoms with van der Waals surface area (Å²) >= 11 is 0. The minimum absolute atomic E-state index is 0.435. The molecule has 0 radical (unpaired) electrons. The van der Waals surface area contributed by atoms with Crippen molar-refractivity contribution in [3.63, 3.8) is 0 Å². The summed E-state index contributed by atoms with van der Waals surface area (Å²) in [5.41, 5.74) is 1.27. The molecule has 0 saturated carbocycles. The lowest BCUT2D eigenvalue weighted by molar-refractivity contribution is 0.647. The third-order valence-electron chi connectivity index (χ3n) is 1.57. The first-order valence-corrected chi connectivity index (χ1v) is 3.71. The molecule has 1 heterocycles. The van der Waals surface area contributed by atoms with Gasteiger partial charge in [-0.2, -0.15) is 0 Å². The number of rotatable bonds is 2. The van der Waals surface area contributed by atoms with Crippen LogP contribution in [0.5, 0.6) is 0 Å². The molecule has 0 fully saturated rings. The number of nitrogens with one attached hydrogen (secondary N) is 2. The van der Waals surface area contributed by atoms with Crippen LogP contribution in [0.3, 0.4) is 0 Å². The van der Waals surface area contributed by atoms with Crippen molar-refractivity contribution in [3.8, 4) is 0 Å². The van der Waals surface area contributed by atoms with Crippen molar-refractivity contribution < 1.29 is 0 Å². The summed E-state index contributed by atoms with van der Waals surface area (Å²) in [6.45, 7) is 5.23. The highest BCUT2D eigenvalue weighted by molar-refractivity contribution is 5.20. The van der Waals surface area contributed by atoms with Crippen molar-refractivity contribution in [2.45, 2.75) is 19.9 Å². The van der Waals surface area contributed by atoms with Gasteiger partial charge in [-0.15, -0.1) is 0 Å². The van der Waals surface area contributed by atoms with Crippen molar-refractivity contribution in [1.82, 2.24) is 10.6 Å². The van der Waals surface area contributed by atoms with Crippen molar-refractivity contribution >= 4 is 0 Å². The zero-order chi connectivity index (χ0) is 7.40. The first kappa shape index (κ1) is 7.19. The second kappa shape index (κ2) is 3.30. The molecule has 1 unspecified atom stereocenters. The van der Waals surface area contributed by atoms with Gasteiger partial charge in [0.15, 0.2) is 0 Å². The van der Waals surface area contributed by atoms with Gasteiger partial charge in [-0.3, -0.25) is 0 Å². The molecule has 1 aliphatic heterocycles. The summed E-state index contributed by atoms with van der Waals surface area (Å²) < 4.78 is 0. The molecule has 2 N–H and O–H groups in total. The van der Waals surface area contributed by atoms with Crippen LogP contribution >= 0.6 is 0 Å². The molecule has 1 aliphatic rings. The van der Waals surface area contributed by atoms with Gasteiger partial charge in [0.05, 0.1) is 6.04 Å². The van der Waals surface area contributed by atoms with Gasteiger partial charge >= 0.3 is 0 Å². The maximum Gasteiger partial charge on any atom is 0.0626 e. The van der Waals surface area contributed by atoms with E-state index in [0.717, 1.165) is 6.54 Å². The molecule has 56 valence electrons. The highest BCUT2D eigenvalue weighted by Gasteiger charge is 2.05. The molecule has 0 aromatic carbocycles. The Morgan fingerprint density at radius 1 is 1.70 bits per heavy atom. The van der Waals surface area contributed by atoms with E-state index in [1.807, 2.05) is 12.3 Å². The van der Waals surface area contributed by atoms with Crippen molar-refractivity contribution in [1.29, 1.82) is 0 Å². The fraction of sp³-hybridized carbons (Fsp3) is 0.500. The number of hydrogen-bond acceptors (Lipinski definition) is 2. The fourth-order valence-electron chi connectivity index (χ4n) is 1.00. The normalized spacial score (nSPS) is 23.4. The van der Waals surface area contributed by atoms with E-state index in [-0.39, 0.29) is 0 Å². The number of dihydropyridines is 1.